The van der Waals surface area contributed by atoms with Gasteiger partial charge in [-0.2, -0.15) is 0 Å². The molecule has 1 spiro atoms. The van der Waals surface area contributed by atoms with Crippen molar-refractivity contribution in [1.82, 2.24) is 4.90 Å². The third-order valence-electron chi connectivity index (χ3n) is 5.07. The van der Waals surface area contributed by atoms with E-state index in [9.17, 15) is 9.59 Å². The first-order valence-electron chi connectivity index (χ1n) is 9.60. The fourth-order valence-corrected chi connectivity index (χ4v) is 3.67. The second kappa shape index (κ2) is 7.89. The van der Waals surface area contributed by atoms with Crippen LogP contribution in [0.2, 0.25) is 0 Å². The summed E-state index contributed by atoms with van der Waals surface area (Å²) in [5.41, 5.74) is -0.122. The highest BCUT2D eigenvalue weighted by Gasteiger charge is 2.44. The van der Waals surface area contributed by atoms with Crippen LogP contribution in [0.25, 0.3) is 0 Å². The summed E-state index contributed by atoms with van der Waals surface area (Å²) in [4.78, 5) is 26.0. The molecule has 2 aliphatic heterocycles. The fourth-order valence-electron chi connectivity index (χ4n) is 3.67. The van der Waals surface area contributed by atoms with Crippen LogP contribution in [0.15, 0.2) is 30.3 Å². The van der Waals surface area contributed by atoms with Gasteiger partial charge in [-0.1, -0.05) is 18.2 Å². The van der Waals surface area contributed by atoms with Crippen LogP contribution >= 0.6 is 0 Å². The molecule has 1 atom stereocenters. The average Bonchev–Trinajstić information content (AvgIpc) is 3.02. The number of nitrogens with zero attached hydrogens (tertiary/aromatic N) is 1. The highest BCUT2D eigenvalue weighted by atomic mass is 16.6. The van der Waals surface area contributed by atoms with E-state index in [2.05, 4.69) is 0 Å². The first kappa shape index (κ1) is 19.7. The Morgan fingerprint density at radius 1 is 1.19 bits per heavy atom. The van der Waals surface area contributed by atoms with Gasteiger partial charge in [-0.3, -0.25) is 0 Å². The first-order chi connectivity index (χ1) is 12.8. The fraction of sp³-hybridized carbons (Fsp3) is 0.619. The van der Waals surface area contributed by atoms with Crippen LogP contribution in [0.3, 0.4) is 0 Å². The minimum atomic E-state index is -0.482. The van der Waals surface area contributed by atoms with Crippen molar-refractivity contribution in [3.63, 3.8) is 0 Å². The summed E-state index contributed by atoms with van der Waals surface area (Å²) < 4.78 is 17.0. The zero-order valence-corrected chi connectivity index (χ0v) is 16.4. The van der Waals surface area contributed by atoms with Crippen LogP contribution in [-0.4, -0.2) is 54.5 Å². The van der Waals surface area contributed by atoms with E-state index in [1.807, 2.05) is 39.0 Å². The average molecular weight is 375 g/mol. The number of rotatable bonds is 3. The topological polar surface area (TPSA) is 65.1 Å². The minimum absolute atomic E-state index is 0.200. The summed E-state index contributed by atoms with van der Waals surface area (Å²) >= 11 is 0. The van der Waals surface area contributed by atoms with Crippen LogP contribution in [-0.2, 0) is 14.2 Å². The van der Waals surface area contributed by atoms with Gasteiger partial charge in [-0.25, -0.2) is 9.59 Å². The third kappa shape index (κ3) is 5.22. The molecule has 1 unspecified atom stereocenters. The Hall–Kier alpha value is -2.08. The molecule has 1 aromatic carbocycles. The predicted molar refractivity (Wildman–Crippen MR) is 101 cm³/mol. The Morgan fingerprint density at radius 2 is 1.85 bits per heavy atom. The molecule has 0 N–H and O–H groups in total. The lowest BCUT2D eigenvalue weighted by Crippen LogP contribution is -2.48. The van der Waals surface area contributed by atoms with Crippen LogP contribution < -0.4 is 0 Å². The smallest absolute Gasteiger partial charge is 0.410 e. The molecule has 0 aromatic heterocycles. The summed E-state index contributed by atoms with van der Waals surface area (Å²) in [5.74, 6) is -0.0953. The van der Waals surface area contributed by atoms with Crippen molar-refractivity contribution in [1.29, 1.82) is 0 Å². The number of esters is 1. The largest absolute Gasteiger partial charge is 0.462 e. The lowest BCUT2D eigenvalue weighted by molar-refractivity contribution is -0.0488. The van der Waals surface area contributed by atoms with Gasteiger partial charge in [-0.15, -0.1) is 0 Å². The van der Waals surface area contributed by atoms with E-state index in [0.717, 1.165) is 19.3 Å². The summed E-state index contributed by atoms with van der Waals surface area (Å²) in [6.45, 7) is 7.84. The quantitative estimate of drug-likeness (QED) is 0.755. The minimum Gasteiger partial charge on any atom is -0.462 e. The van der Waals surface area contributed by atoms with E-state index in [1.54, 1.807) is 17.0 Å². The van der Waals surface area contributed by atoms with Gasteiger partial charge in [0.15, 0.2) is 0 Å². The second-order valence-corrected chi connectivity index (χ2v) is 8.50. The van der Waals surface area contributed by atoms with Gasteiger partial charge in [0.1, 0.15) is 5.60 Å². The first-order valence-corrected chi connectivity index (χ1v) is 9.60. The van der Waals surface area contributed by atoms with Gasteiger partial charge in [0, 0.05) is 19.0 Å². The Bertz CT molecular complexity index is 659. The van der Waals surface area contributed by atoms with Crippen LogP contribution in [0.5, 0.6) is 0 Å². The molecule has 2 saturated heterocycles. The lowest BCUT2D eigenvalue weighted by atomic mass is 9.86. The predicted octanol–water partition coefficient (Wildman–Crippen LogP) is 3.65. The van der Waals surface area contributed by atoms with E-state index in [1.165, 1.54) is 0 Å². The maximum atomic E-state index is 12.2. The van der Waals surface area contributed by atoms with Crippen LogP contribution in [0.4, 0.5) is 4.79 Å². The van der Waals surface area contributed by atoms with Crippen LogP contribution in [0.1, 0.15) is 50.4 Å². The van der Waals surface area contributed by atoms with E-state index in [4.69, 9.17) is 14.2 Å². The summed E-state index contributed by atoms with van der Waals surface area (Å²) in [7, 11) is 0. The van der Waals surface area contributed by atoms with Gasteiger partial charge < -0.3 is 19.1 Å². The van der Waals surface area contributed by atoms with Crippen molar-refractivity contribution < 1.29 is 23.8 Å². The number of piperidine rings is 1. The second-order valence-electron chi connectivity index (χ2n) is 8.50. The number of ether oxygens (including phenoxy) is 3. The molecule has 0 bridgehead atoms. The molecule has 2 fully saturated rings. The number of amides is 1. The maximum absolute atomic E-state index is 12.2. The molecule has 1 amide bonds. The van der Waals surface area contributed by atoms with Gasteiger partial charge in [-0.05, 0) is 52.2 Å². The SMILES string of the molecule is CC(C)(C)OC(=O)N1CCC2(CC1)CC(COC(=O)c1ccccc1)CO2. The lowest BCUT2D eigenvalue weighted by Gasteiger charge is -2.39. The molecule has 148 valence electrons. The Balaban J connectivity index is 1.44. The summed E-state index contributed by atoms with van der Waals surface area (Å²) in [6.07, 6.45) is 2.17. The van der Waals surface area contributed by atoms with Gasteiger partial charge in [0.05, 0.1) is 24.4 Å². The maximum Gasteiger partial charge on any atom is 0.410 e. The molecular weight excluding hydrogens is 346 g/mol. The summed E-state index contributed by atoms with van der Waals surface area (Å²) in [6, 6.07) is 9.02. The molecule has 0 aliphatic carbocycles. The monoisotopic (exact) mass is 375 g/mol. The van der Waals surface area contributed by atoms with Crippen LogP contribution in [0, 0.1) is 5.92 Å². The Labute approximate surface area is 160 Å². The molecule has 27 heavy (non-hydrogen) atoms. The third-order valence-corrected chi connectivity index (χ3v) is 5.07. The normalized spacial score (nSPS) is 21.9. The Kier molecular flexibility index (Phi) is 5.75. The number of carbonyl (C=O) groups is 2. The molecule has 0 saturated carbocycles. The number of hydrogen-bond donors (Lipinski definition) is 0. The molecule has 6 heteroatoms. The molecule has 0 radical (unpaired) electrons. The number of likely N-dealkylation sites (tertiary alicyclic amines) is 1. The highest BCUT2D eigenvalue weighted by Crippen LogP contribution is 2.39. The van der Waals surface area contributed by atoms with Gasteiger partial charge in [0.2, 0.25) is 0 Å². The van der Waals surface area contributed by atoms with Crippen molar-refractivity contribution in [3.8, 4) is 0 Å². The Morgan fingerprint density at radius 3 is 2.48 bits per heavy atom. The standard InChI is InChI=1S/C21H29NO5/c1-20(2,3)27-19(24)22-11-9-21(10-12-22)13-16(15-26-21)14-25-18(23)17-7-5-4-6-8-17/h4-8,16H,9-15H2,1-3H3. The van der Waals surface area contributed by atoms with Gasteiger partial charge in [0.25, 0.3) is 0 Å². The molecule has 1 aromatic rings. The van der Waals surface area contributed by atoms with E-state index >= 15 is 0 Å². The van der Waals surface area contributed by atoms with Crippen molar-refractivity contribution in [2.75, 3.05) is 26.3 Å². The van der Waals surface area contributed by atoms with Gasteiger partial charge >= 0.3 is 12.1 Å². The van der Waals surface area contributed by atoms with E-state index < -0.39 is 5.60 Å². The van der Waals surface area contributed by atoms with Crippen molar-refractivity contribution in [3.05, 3.63) is 35.9 Å². The number of benzene rings is 1. The molecular formula is C21H29NO5. The van der Waals surface area contributed by atoms with E-state index in [0.29, 0.717) is 31.9 Å². The molecule has 2 aliphatic rings. The van der Waals surface area contributed by atoms with Crippen molar-refractivity contribution in [2.24, 2.45) is 5.92 Å². The summed E-state index contributed by atoms with van der Waals surface area (Å²) in [5, 5.41) is 0. The zero-order valence-electron chi connectivity index (χ0n) is 16.4. The van der Waals surface area contributed by atoms with E-state index in [-0.39, 0.29) is 23.6 Å². The molecule has 6 nitrogen and oxygen atoms in total. The molecule has 3 rings (SSSR count). The zero-order chi connectivity index (χ0) is 19.5. The number of hydrogen-bond acceptors (Lipinski definition) is 5. The molecule has 2 heterocycles. The number of carbonyl (C=O) groups excluding carboxylic acids is 2. The highest BCUT2D eigenvalue weighted by molar-refractivity contribution is 5.89. The van der Waals surface area contributed by atoms with Crippen molar-refractivity contribution in [2.45, 2.75) is 51.2 Å². The van der Waals surface area contributed by atoms with Crippen molar-refractivity contribution >= 4 is 12.1 Å².